The summed E-state index contributed by atoms with van der Waals surface area (Å²) in [5, 5.41) is 27.8. The van der Waals surface area contributed by atoms with Gasteiger partial charge >= 0.3 is 5.97 Å². The van der Waals surface area contributed by atoms with E-state index in [4.69, 9.17) is 4.84 Å². The Kier molecular flexibility index (Phi) is 6.48. The van der Waals surface area contributed by atoms with Crippen molar-refractivity contribution in [3.8, 4) is 0 Å². The van der Waals surface area contributed by atoms with E-state index in [-0.39, 0.29) is 17.9 Å². The van der Waals surface area contributed by atoms with Crippen LogP contribution in [-0.4, -0.2) is 28.8 Å². The molecule has 1 aliphatic rings. The van der Waals surface area contributed by atoms with Crippen LogP contribution in [0.4, 0.5) is 5.69 Å². The lowest BCUT2D eigenvalue weighted by molar-refractivity contribution is -0.384. The number of nitrogens with zero attached hydrogens (tertiary/aromatic N) is 2. The molecule has 27 heavy (non-hydrogen) atoms. The first-order valence-electron chi connectivity index (χ1n) is 8.26. The summed E-state index contributed by atoms with van der Waals surface area (Å²) in [4.78, 5) is 27.5. The third-order valence-electron chi connectivity index (χ3n) is 4.20. The minimum atomic E-state index is -1.08. The Hall–Kier alpha value is -3.42. The maximum atomic E-state index is 11.9. The number of dihydropyridines is 1. The Labute approximate surface area is 156 Å². The lowest BCUT2D eigenvalue weighted by atomic mass is 9.79. The molecular weight excluding hydrogens is 350 g/mol. The zero-order chi connectivity index (χ0) is 20.0. The summed E-state index contributed by atoms with van der Waals surface area (Å²) in [5.41, 5.74) is 2.64. The molecule has 0 aromatic heterocycles. The van der Waals surface area contributed by atoms with Gasteiger partial charge in [0.25, 0.3) is 5.69 Å². The smallest absolute Gasteiger partial charge is 0.334 e. The van der Waals surface area contributed by atoms with Gasteiger partial charge in [-0.05, 0) is 25.0 Å². The number of non-ortho nitro benzene ring substituents is 1. The van der Waals surface area contributed by atoms with Crippen LogP contribution in [0.3, 0.4) is 0 Å². The Morgan fingerprint density at radius 1 is 1.44 bits per heavy atom. The lowest BCUT2D eigenvalue weighted by Gasteiger charge is -2.30. The second-order valence-electron chi connectivity index (χ2n) is 5.98. The van der Waals surface area contributed by atoms with Crippen LogP contribution in [0, 0.1) is 10.1 Å². The van der Waals surface area contributed by atoms with E-state index >= 15 is 0 Å². The van der Waals surface area contributed by atoms with Crippen molar-refractivity contribution >= 4 is 17.9 Å². The number of carbonyl (C=O) groups is 1. The summed E-state index contributed by atoms with van der Waals surface area (Å²) >= 11 is 0. The van der Waals surface area contributed by atoms with Crippen molar-refractivity contribution in [2.75, 3.05) is 6.61 Å². The normalized spacial score (nSPS) is 17.0. The van der Waals surface area contributed by atoms with Gasteiger partial charge in [0, 0.05) is 42.1 Å². The maximum Gasteiger partial charge on any atom is 0.334 e. The standard InChI is InChI=1S/C19H21N3O5/c1-4-10-27-20-9-8-16-12(2)21-13(3)17(19(23)24)18(16)14-6-5-7-15(11-14)22(25)26/h4-7,9,11,18,21H,1,8,10H2,2-3H3,(H,23,24). The van der Waals surface area contributed by atoms with Crippen LogP contribution in [0.25, 0.3) is 0 Å². The van der Waals surface area contributed by atoms with Crippen LogP contribution in [-0.2, 0) is 9.63 Å². The van der Waals surface area contributed by atoms with E-state index in [1.165, 1.54) is 18.3 Å². The first-order chi connectivity index (χ1) is 12.9. The monoisotopic (exact) mass is 371 g/mol. The van der Waals surface area contributed by atoms with E-state index in [1.807, 2.05) is 6.92 Å². The molecule has 0 saturated carbocycles. The van der Waals surface area contributed by atoms with Crippen molar-refractivity contribution in [1.29, 1.82) is 0 Å². The van der Waals surface area contributed by atoms with E-state index in [2.05, 4.69) is 17.1 Å². The Bertz CT molecular complexity index is 855. The van der Waals surface area contributed by atoms with Gasteiger partial charge < -0.3 is 15.3 Å². The molecule has 142 valence electrons. The molecule has 0 amide bonds. The van der Waals surface area contributed by atoms with Gasteiger partial charge in [-0.1, -0.05) is 29.9 Å². The molecule has 0 bridgehead atoms. The topological polar surface area (TPSA) is 114 Å². The van der Waals surface area contributed by atoms with Gasteiger partial charge in [0.15, 0.2) is 0 Å². The third-order valence-corrected chi connectivity index (χ3v) is 4.20. The van der Waals surface area contributed by atoms with Gasteiger partial charge in [-0.25, -0.2) is 4.79 Å². The zero-order valence-corrected chi connectivity index (χ0v) is 15.1. The van der Waals surface area contributed by atoms with Crippen LogP contribution in [0.2, 0.25) is 0 Å². The Balaban J connectivity index is 2.49. The molecular formula is C19H21N3O5. The number of oxime groups is 1. The van der Waals surface area contributed by atoms with E-state index in [1.54, 1.807) is 25.1 Å². The van der Waals surface area contributed by atoms with Crippen molar-refractivity contribution in [2.24, 2.45) is 5.16 Å². The second-order valence-corrected chi connectivity index (χ2v) is 5.98. The number of nitrogens with one attached hydrogen (secondary N) is 1. The minimum Gasteiger partial charge on any atom is -0.478 e. The van der Waals surface area contributed by atoms with Crippen molar-refractivity contribution in [1.82, 2.24) is 5.32 Å². The summed E-state index contributed by atoms with van der Waals surface area (Å²) in [6.07, 6.45) is 3.42. The number of benzene rings is 1. The average molecular weight is 371 g/mol. The molecule has 0 fully saturated rings. The van der Waals surface area contributed by atoms with Crippen LogP contribution in [0.5, 0.6) is 0 Å². The minimum absolute atomic E-state index is 0.0894. The largest absolute Gasteiger partial charge is 0.478 e. The van der Waals surface area contributed by atoms with E-state index in [9.17, 15) is 20.0 Å². The summed E-state index contributed by atoms with van der Waals surface area (Å²) < 4.78 is 0. The lowest BCUT2D eigenvalue weighted by Crippen LogP contribution is -2.28. The van der Waals surface area contributed by atoms with Gasteiger partial charge in [-0.2, -0.15) is 0 Å². The quantitative estimate of drug-likeness (QED) is 0.238. The molecule has 0 spiro atoms. The van der Waals surface area contributed by atoms with Gasteiger partial charge in [-0.15, -0.1) is 0 Å². The number of carboxylic acids is 1. The molecule has 0 radical (unpaired) electrons. The summed E-state index contributed by atoms with van der Waals surface area (Å²) in [6, 6.07) is 6.03. The predicted octanol–water partition coefficient (Wildman–Crippen LogP) is 3.49. The number of nitro groups is 1. The maximum absolute atomic E-state index is 11.9. The third kappa shape index (κ3) is 4.60. The Morgan fingerprint density at radius 3 is 2.81 bits per heavy atom. The van der Waals surface area contributed by atoms with Crippen molar-refractivity contribution in [3.05, 3.63) is 75.1 Å². The highest BCUT2D eigenvalue weighted by atomic mass is 16.6. The molecule has 8 heteroatoms. The highest BCUT2D eigenvalue weighted by Crippen LogP contribution is 2.40. The summed E-state index contributed by atoms with van der Waals surface area (Å²) in [6.45, 7) is 7.30. The number of nitro benzene ring substituents is 1. The van der Waals surface area contributed by atoms with Crippen LogP contribution in [0.1, 0.15) is 31.7 Å². The van der Waals surface area contributed by atoms with Crippen molar-refractivity contribution < 1.29 is 19.7 Å². The molecule has 8 nitrogen and oxygen atoms in total. The average Bonchev–Trinajstić information content (AvgIpc) is 2.62. The van der Waals surface area contributed by atoms with Crippen LogP contribution in [0.15, 0.2) is 64.6 Å². The summed E-state index contributed by atoms with van der Waals surface area (Å²) in [7, 11) is 0. The fraction of sp³-hybridized carbons (Fsp3) is 0.263. The number of aliphatic carboxylic acids is 1. The SMILES string of the molecule is C=CCON=CCC1=C(C)NC(C)=C(C(=O)O)C1c1cccc([N+](=O)[O-])c1. The molecule has 2 N–H and O–H groups in total. The number of allylic oxidation sites excluding steroid dienone is 3. The molecule has 0 aliphatic carbocycles. The van der Waals surface area contributed by atoms with Crippen LogP contribution < -0.4 is 5.32 Å². The van der Waals surface area contributed by atoms with Gasteiger partial charge in [0.05, 0.1) is 10.5 Å². The number of hydrogen-bond donors (Lipinski definition) is 2. The fourth-order valence-electron chi connectivity index (χ4n) is 3.06. The molecule has 1 unspecified atom stereocenters. The predicted molar refractivity (Wildman–Crippen MR) is 101 cm³/mol. The number of hydrogen-bond acceptors (Lipinski definition) is 6. The van der Waals surface area contributed by atoms with Gasteiger partial charge in [-0.3, -0.25) is 10.1 Å². The molecule has 1 aromatic rings. The van der Waals surface area contributed by atoms with E-state index in [0.29, 0.717) is 17.7 Å². The molecule has 2 rings (SSSR count). The van der Waals surface area contributed by atoms with E-state index < -0.39 is 16.8 Å². The molecule has 1 atom stereocenters. The van der Waals surface area contributed by atoms with Crippen molar-refractivity contribution in [3.63, 3.8) is 0 Å². The first kappa shape index (κ1) is 19.9. The molecule has 1 heterocycles. The number of rotatable bonds is 8. The van der Waals surface area contributed by atoms with Gasteiger partial charge in [0.1, 0.15) is 6.61 Å². The van der Waals surface area contributed by atoms with Gasteiger partial charge in [0.2, 0.25) is 0 Å². The van der Waals surface area contributed by atoms with Crippen molar-refractivity contribution in [2.45, 2.75) is 26.2 Å². The summed E-state index contributed by atoms with van der Waals surface area (Å²) in [5.74, 6) is -1.71. The zero-order valence-electron chi connectivity index (χ0n) is 15.1. The molecule has 1 aliphatic heterocycles. The second kappa shape index (κ2) is 8.79. The van der Waals surface area contributed by atoms with E-state index in [0.717, 1.165) is 11.3 Å². The van der Waals surface area contributed by atoms with Crippen LogP contribution >= 0.6 is 0 Å². The molecule has 1 aromatic carbocycles. The highest BCUT2D eigenvalue weighted by molar-refractivity contribution is 5.91. The first-order valence-corrected chi connectivity index (χ1v) is 8.26. The fourth-order valence-corrected chi connectivity index (χ4v) is 3.06. The highest BCUT2D eigenvalue weighted by Gasteiger charge is 2.33. The molecule has 0 saturated heterocycles. The number of carboxylic acid groups (broad SMARTS) is 1. The Morgan fingerprint density at radius 2 is 2.19 bits per heavy atom.